The van der Waals surface area contributed by atoms with Crippen LogP contribution in [0.1, 0.15) is 49.0 Å². The van der Waals surface area contributed by atoms with E-state index in [0.29, 0.717) is 12.8 Å². The zero-order valence-electron chi connectivity index (χ0n) is 13.7. The molecule has 2 rings (SSSR count). The average molecular weight is 332 g/mol. The molecule has 0 amide bonds. The zero-order valence-corrected chi connectivity index (χ0v) is 13.7. The van der Waals surface area contributed by atoms with Crippen LogP contribution in [0.4, 0.5) is 0 Å². The molecule has 0 unspecified atom stereocenters. The minimum atomic E-state index is -0.623. The van der Waals surface area contributed by atoms with Crippen LogP contribution in [0.3, 0.4) is 0 Å². The number of cyclic esters (lactones) is 1. The maximum Gasteiger partial charge on any atom is 0.310 e. The SMILES string of the molecule is CC(=O)Oc1cc(O)cc2c1C(=O)/C=C/CCC[C@H](C)OC(=O)C2. The summed E-state index contributed by atoms with van der Waals surface area (Å²) < 4.78 is 10.4. The number of benzene rings is 1. The number of aromatic hydroxyl groups is 1. The third-order valence-corrected chi connectivity index (χ3v) is 3.59. The highest BCUT2D eigenvalue weighted by Crippen LogP contribution is 2.30. The molecule has 1 aliphatic rings. The minimum absolute atomic E-state index is 0.0648. The Hall–Kier alpha value is -2.63. The Labute approximate surface area is 140 Å². The van der Waals surface area contributed by atoms with Gasteiger partial charge in [0.1, 0.15) is 11.5 Å². The lowest BCUT2D eigenvalue weighted by molar-refractivity contribution is -0.147. The highest BCUT2D eigenvalue weighted by Gasteiger charge is 2.22. The quantitative estimate of drug-likeness (QED) is 0.628. The fraction of sp³-hybridized carbons (Fsp3) is 0.389. The van der Waals surface area contributed by atoms with Crippen molar-refractivity contribution in [1.82, 2.24) is 0 Å². The highest BCUT2D eigenvalue weighted by molar-refractivity contribution is 6.08. The van der Waals surface area contributed by atoms with Gasteiger partial charge in [-0.15, -0.1) is 0 Å². The molecule has 1 aromatic carbocycles. The van der Waals surface area contributed by atoms with Crippen LogP contribution in [0.15, 0.2) is 24.3 Å². The summed E-state index contributed by atoms with van der Waals surface area (Å²) in [5.74, 6) is -1.77. The van der Waals surface area contributed by atoms with E-state index in [-0.39, 0.29) is 40.9 Å². The van der Waals surface area contributed by atoms with Crippen molar-refractivity contribution in [3.8, 4) is 11.5 Å². The lowest BCUT2D eigenvalue weighted by Gasteiger charge is -2.16. The number of carbonyl (C=O) groups excluding carboxylic acids is 3. The Morgan fingerprint density at radius 3 is 2.79 bits per heavy atom. The molecule has 1 N–H and O–H groups in total. The van der Waals surface area contributed by atoms with E-state index < -0.39 is 11.9 Å². The first kappa shape index (κ1) is 17.7. The van der Waals surface area contributed by atoms with Crippen LogP contribution in [-0.4, -0.2) is 28.9 Å². The molecule has 0 aliphatic carbocycles. The van der Waals surface area contributed by atoms with E-state index in [1.807, 2.05) is 6.92 Å². The number of hydrogen-bond donors (Lipinski definition) is 1. The number of ether oxygens (including phenoxy) is 2. The van der Waals surface area contributed by atoms with Crippen molar-refractivity contribution < 1.29 is 29.0 Å². The Kier molecular flexibility index (Phi) is 5.73. The molecule has 24 heavy (non-hydrogen) atoms. The van der Waals surface area contributed by atoms with Gasteiger partial charge in [-0.05, 0) is 43.9 Å². The molecule has 0 spiro atoms. The van der Waals surface area contributed by atoms with Gasteiger partial charge in [0, 0.05) is 13.0 Å². The smallest absolute Gasteiger partial charge is 0.310 e. The number of fused-ring (bicyclic) bond motifs is 1. The molecule has 0 fully saturated rings. The third kappa shape index (κ3) is 4.68. The lowest BCUT2D eigenvalue weighted by Crippen LogP contribution is -2.19. The van der Waals surface area contributed by atoms with Crippen LogP contribution in [0, 0.1) is 0 Å². The van der Waals surface area contributed by atoms with Gasteiger partial charge in [-0.2, -0.15) is 0 Å². The number of hydrogen-bond acceptors (Lipinski definition) is 6. The first-order chi connectivity index (χ1) is 11.4. The normalized spacial score (nSPS) is 20.2. The predicted molar refractivity (Wildman–Crippen MR) is 86.0 cm³/mol. The number of ketones is 1. The molecule has 1 aromatic rings. The molecule has 0 aromatic heterocycles. The van der Waals surface area contributed by atoms with E-state index in [1.165, 1.54) is 25.1 Å². The topological polar surface area (TPSA) is 89.9 Å². The fourth-order valence-electron chi connectivity index (χ4n) is 2.59. The molecule has 128 valence electrons. The average Bonchev–Trinajstić information content (AvgIpc) is 2.44. The van der Waals surface area contributed by atoms with Gasteiger partial charge in [-0.1, -0.05) is 6.08 Å². The third-order valence-electron chi connectivity index (χ3n) is 3.59. The number of allylic oxidation sites excluding steroid dienone is 2. The molecule has 1 aliphatic heterocycles. The van der Waals surface area contributed by atoms with Gasteiger partial charge < -0.3 is 14.6 Å². The Bertz CT molecular complexity index is 689. The van der Waals surface area contributed by atoms with Crippen molar-refractivity contribution in [2.45, 2.75) is 45.6 Å². The van der Waals surface area contributed by atoms with Crippen LogP contribution in [-0.2, 0) is 20.7 Å². The summed E-state index contributed by atoms with van der Waals surface area (Å²) in [5.41, 5.74) is 0.350. The van der Waals surface area contributed by atoms with Crippen LogP contribution in [0.5, 0.6) is 11.5 Å². The highest BCUT2D eigenvalue weighted by atomic mass is 16.5. The number of esters is 2. The Morgan fingerprint density at radius 1 is 1.33 bits per heavy atom. The first-order valence-electron chi connectivity index (χ1n) is 7.81. The fourth-order valence-corrected chi connectivity index (χ4v) is 2.59. The summed E-state index contributed by atoms with van der Waals surface area (Å²) in [6, 6.07) is 2.50. The molecule has 0 saturated carbocycles. The van der Waals surface area contributed by atoms with Crippen LogP contribution >= 0.6 is 0 Å². The number of phenolic OH excluding ortho intramolecular Hbond substituents is 1. The molecule has 6 heteroatoms. The van der Waals surface area contributed by atoms with E-state index in [1.54, 1.807) is 6.08 Å². The second-order valence-corrected chi connectivity index (χ2v) is 5.75. The van der Waals surface area contributed by atoms with E-state index in [2.05, 4.69) is 0 Å². The van der Waals surface area contributed by atoms with Crippen molar-refractivity contribution in [3.05, 3.63) is 35.4 Å². The van der Waals surface area contributed by atoms with Gasteiger partial charge in [0.05, 0.1) is 18.1 Å². The van der Waals surface area contributed by atoms with E-state index >= 15 is 0 Å². The molecular weight excluding hydrogens is 312 g/mol. The van der Waals surface area contributed by atoms with Gasteiger partial charge >= 0.3 is 11.9 Å². The molecule has 0 radical (unpaired) electrons. The Morgan fingerprint density at radius 2 is 2.08 bits per heavy atom. The summed E-state index contributed by atoms with van der Waals surface area (Å²) in [4.78, 5) is 35.9. The molecule has 0 bridgehead atoms. The molecule has 6 nitrogen and oxygen atoms in total. The van der Waals surface area contributed by atoms with Crippen LogP contribution in [0.25, 0.3) is 0 Å². The summed E-state index contributed by atoms with van der Waals surface area (Å²) in [7, 11) is 0. The van der Waals surface area contributed by atoms with E-state index in [4.69, 9.17) is 9.47 Å². The van der Waals surface area contributed by atoms with Crippen molar-refractivity contribution in [2.75, 3.05) is 0 Å². The van der Waals surface area contributed by atoms with Crippen LogP contribution < -0.4 is 4.74 Å². The molecule has 1 heterocycles. The standard InChI is InChI=1S/C18H20O6/c1-11-6-4-3-5-7-15(21)18-13(9-17(22)23-11)8-14(20)10-16(18)24-12(2)19/h5,7-8,10-11,20H,3-4,6,9H2,1-2H3/b7-5+/t11-/m0/s1. The second-order valence-electron chi connectivity index (χ2n) is 5.75. The summed E-state index contributed by atoms with van der Waals surface area (Å²) in [5, 5.41) is 9.82. The largest absolute Gasteiger partial charge is 0.508 e. The minimum Gasteiger partial charge on any atom is -0.508 e. The van der Waals surface area contributed by atoms with Crippen molar-refractivity contribution in [1.29, 1.82) is 0 Å². The van der Waals surface area contributed by atoms with Gasteiger partial charge in [0.15, 0.2) is 5.78 Å². The first-order valence-corrected chi connectivity index (χ1v) is 7.81. The maximum absolute atomic E-state index is 12.5. The van der Waals surface area contributed by atoms with Crippen molar-refractivity contribution >= 4 is 17.7 Å². The monoisotopic (exact) mass is 332 g/mol. The Balaban J connectivity index is 2.51. The summed E-state index contributed by atoms with van der Waals surface area (Å²) >= 11 is 0. The zero-order chi connectivity index (χ0) is 17.7. The van der Waals surface area contributed by atoms with Gasteiger partial charge in [0.25, 0.3) is 0 Å². The lowest BCUT2D eigenvalue weighted by atomic mass is 9.98. The van der Waals surface area contributed by atoms with Gasteiger partial charge in [-0.25, -0.2) is 0 Å². The predicted octanol–water partition coefficient (Wildman–Crippen LogP) is 2.71. The van der Waals surface area contributed by atoms with Crippen molar-refractivity contribution in [2.24, 2.45) is 0 Å². The number of rotatable bonds is 1. The van der Waals surface area contributed by atoms with E-state index in [9.17, 15) is 19.5 Å². The molecular formula is C18H20O6. The summed E-state index contributed by atoms with van der Waals surface area (Å²) in [6.45, 7) is 3.01. The summed E-state index contributed by atoms with van der Waals surface area (Å²) in [6.07, 6.45) is 4.89. The van der Waals surface area contributed by atoms with E-state index in [0.717, 1.165) is 6.42 Å². The van der Waals surface area contributed by atoms with Crippen molar-refractivity contribution in [3.63, 3.8) is 0 Å². The number of carbonyl (C=O) groups is 3. The van der Waals surface area contributed by atoms with Gasteiger partial charge in [0.2, 0.25) is 0 Å². The second kappa shape index (κ2) is 7.77. The van der Waals surface area contributed by atoms with Gasteiger partial charge in [-0.3, -0.25) is 14.4 Å². The molecule has 0 saturated heterocycles. The maximum atomic E-state index is 12.5. The number of phenols is 1. The van der Waals surface area contributed by atoms with Crippen LogP contribution in [0.2, 0.25) is 0 Å². The molecule has 1 atom stereocenters.